The van der Waals surface area contributed by atoms with Gasteiger partial charge in [0, 0.05) is 7.05 Å². The molecule has 2 N–H and O–H groups in total. The largest absolute Gasteiger partial charge is 0.357 e. The van der Waals surface area contributed by atoms with Crippen LogP contribution in [0, 0.1) is 5.82 Å². The lowest BCUT2D eigenvalue weighted by Gasteiger charge is -2.01. The Hall–Kier alpha value is -1.70. The van der Waals surface area contributed by atoms with E-state index in [0.29, 0.717) is 11.1 Å². The first-order chi connectivity index (χ1) is 7.29. The Bertz CT molecular complexity index is 445. The Morgan fingerprint density at radius 2 is 2.33 bits per heavy atom. The smallest absolute Gasteiger partial charge is 0.223 e. The molecule has 0 aliphatic heterocycles. The molecular weight excluding hydrogens is 219 g/mol. The Balaban J connectivity index is 2.27. The Morgan fingerprint density at radius 1 is 1.47 bits per heavy atom. The number of rotatable bonds is 3. The van der Waals surface area contributed by atoms with Crippen LogP contribution in [0.2, 0.25) is 0 Å². The van der Waals surface area contributed by atoms with E-state index in [0.717, 1.165) is 18.0 Å². The number of hydrogen-bond acceptors (Lipinski definition) is 6. The fraction of sp³-hybridized carbons (Fsp3) is 0.143. The minimum Gasteiger partial charge on any atom is -0.357 e. The molecule has 0 saturated carbocycles. The molecule has 0 aliphatic carbocycles. The highest BCUT2D eigenvalue weighted by Gasteiger charge is 2.09. The van der Waals surface area contributed by atoms with Crippen molar-refractivity contribution in [3.05, 3.63) is 18.3 Å². The van der Waals surface area contributed by atoms with Gasteiger partial charge in [-0.05, 0) is 11.8 Å². The van der Waals surface area contributed by atoms with Crippen LogP contribution in [0.4, 0.5) is 10.3 Å². The second-order valence-corrected chi connectivity index (χ2v) is 3.47. The van der Waals surface area contributed by atoms with Gasteiger partial charge in [0.2, 0.25) is 5.95 Å². The van der Waals surface area contributed by atoms with E-state index < -0.39 is 5.82 Å². The van der Waals surface area contributed by atoms with E-state index in [9.17, 15) is 4.39 Å². The number of nitrogens with zero attached hydrogens (tertiary/aromatic N) is 4. The molecule has 2 heterocycles. The maximum atomic E-state index is 13.3. The van der Waals surface area contributed by atoms with Gasteiger partial charge in [-0.2, -0.15) is 5.10 Å². The van der Waals surface area contributed by atoms with E-state index in [2.05, 4.69) is 30.5 Å². The quantitative estimate of drug-likeness (QED) is 0.758. The summed E-state index contributed by atoms with van der Waals surface area (Å²) in [5.41, 5.74) is 0. The average Bonchev–Trinajstić information content (AvgIpc) is 2.74. The fourth-order valence-electron chi connectivity index (χ4n) is 0.879. The summed E-state index contributed by atoms with van der Waals surface area (Å²) in [4.78, 5) is 11.5. The third-order valence-electron chi connectivity index (χ3n) is 1.52. The first-order valence-electron chi connectivity index (χ1n) is 4.03. The van der Waals surface area contributed by atoms with Crippen molar-refractivity contribution >= 4 is 17.7 Å². The number of aromatic amines is 1. The van der Waals surface area contributed by atoms with Crippen LogP contribution in [0.15, 0.2) is 22.7 Å². The minimum atomic E-state index is -0.490. The summed E-state index contributed by atoms with van der Waals surface area (Å²) in [6.45, 7) is 0. The average molecular weight is 226 g/mol. The highest BCUT2D eigenvalue weighted by Crippen LogP contribution is 2.24. The molecule has 6 nitrogen and oxygen atoms in total. The molecule has 2 rings (SSSR count). The van der Waals surface area contributed by atoms with Crippen molar-refractivity contribution in [2.75, 3.05) is 12.4 Å². The van der Waals surface area contributed by atoms with Crippen molar-refractivity contribution in [3.8, 4) is 0 Å². The third kappa shape index (κ3) is 2.21. The molecule has 8 heteroatoms. The van der Waals surface area contributed by atoms with Crippen molar-refractivity contribution in [2.24, 2.45) is 0 Å². The van der Waals surface area contributed by atoms with E-state index in [1.54, 1.807) is 7.05 Å². The van der Waals surface area contributed by atoms with Gasteiger partial charge in [0.15, 0.2) is 11.0 Å². The lowest BCUT2D eigenvalue weighted by atomic mass is 10.6. The lowest BCUT2D eigenvalue weighted by molar-refractivity contribution is 0.580. The Kier molecular flexibility index (Phi) is 2.77. The number of anilines is 1. The van der Waals surface area contributed by atoms with E-state index in [1.165, 1.54) is 6.33 Å². The monoisotopic (exact) mass is 226 g/mol. The molecule has 0 aliphatic rings. The van der Waals surface area contributed by atoms with Gasteiger partial charge in [-0.25, -0.2) is 19.3 Å². The fourth-order valence-corrected chi connectivity index (χ4v) is 1.54. The molecular formula is C7H7FN6S. The first kappa shape index (κ1) is 9.84. The number of hydrogen-bond donors (Lipinski definition) is 2. The molecule has 0 unspecified atom stereocenters. The molecule has 0 spiro atoms. The van der Waals surface area contributed by atoms with Gasteiger partial charge in [0.05, 0.1) is 6.20 Å². The van der Waals surface area contributed by atoms with Gasteiger partial charge in [0.25, 0.3) is 0 Å². The number of halogens is 1. The van der Waals surface area contributed by atoms with Gasteiger partial charge in [0.1, 0.15) is 11.4 Å². The molecule has 0 atom stereocenters. The summed E-state index contributed by atoms with van der Waals surface area (Å²) in [7, 11) is 1.66. The molecule has 2 aromatic heterocycles. The normalized spacial score (nSPS) is 10.3. The summed E-state index contributed by atoms with van der Waals surface area (Å²) in [5.74, 6) is -0.131. The zero-order chi connectivity index (χ0) is 10.7. The summed E-state index contributed by atoms with van der Waals surface area (Å²) < 4.78 is 13.3. The second kappa shape index (κ2) is 4.22. The van der Waals surface area contributed by atoms with Crippen LogP contribution in [0.25, 0.3) is 0 Å². The van der Waals surface area contributed by atoms with Crippen molar-refractivity contribution in [1.82, 2.24) is 25.1 Å². The molecule has 2 aromatic rings. The van der Waals surface area contributed by atoms with Crippen molar-refractivity contribution in [1.29, 1.82) is 0 Å². The van der Waals surface area contributed by atoms with Crippen LogP contribution in [0.5, 0.6) is 0 Å². The highest BCUT2D eigenvalue weighted by molar-refractivity contribution is 7.99. The van der Waals surface area contributed by atoms with Crippen LogP contribution in [0.3, 0.4) is 0 Å². The minimum absolute atomic E-state index is 0.200. The summed E-state index contributed by atoms with van der Waals surface area (Å²) >= 11 is 1.06. The standard InChI is InChI=1S/C7H7FN6S/c1-9-6-10-2-4(8)5(13-6)15-7-11-3-12-14-7/h2-3H,1H3,(H,9,10,13)(H,11,12,14). The predicted molar refractivity (Wildman–Crippen MR) is 52.0 cm³/mol. The van der Waals surface area contributed by atoms with Crippen molar-refractivity contribution < 1.29 is 4.39 Å². The zero-order valence-electron chi connectivity index (χ0n) is 7.73. The van der Waals surface area contributed by atoms with Crippen LogP contribution >= 0.6 is 11.8 Å². The maximum absolute atomic E-state index is 13.3. The summed E-state index contributed by atoms with van der Waals surface area (Å²) in [6.07, 6.45) is 2.46. The molecule has 15 heavy (non-hydrogen) atoms. The van der Waals surface area contributed by atoms with E-state index in [1.807, 2.05) is 0 Å². The molecule has 0 saturated heterocycles. The van der Waals surface area contributed by atoms with Crippen LogP contribution in [-0.4, -0.2) is 32.2 Å². The number of aromatic nitrogens is 5. The molecule has 0 amide bonds. The van der Waals surface area contributed by atoms with Crippen LogP contribution < -0.4 is 5.32 Å². The second-order valence-electron chi connectivity index (χ2n) is 2.49. The number of nitrogens with one attached hydrogen (secondary N) is 2. The topological polar surface area (TPSA) is 79.4 Å². The number of H-pyrrole nitrogens is 1. The highest BCUT2D eigenvalue weighted by atomic mass is 32.2. The zero-order valence-corrected chi connectivity index (χ0v) is 8.55. The third-order valence-corrected chi connectivity index (χ3v) is 2.39. The van der Waals surface area contributed by atoms with E-state index in [4.69, 9.17) is 0 Å². The van der Waals surface area contributed by atoms with Crippen LogP contribution in [-0.2, 0) is 0 Å². The van der Waals surface area contributed by atoms with Crippen molar-refractivity contribution in [3.63, 3.8) is 0 Å². The maximum Gasteiger partial charge on any atom is 0.223 e. The molecule has 78 valence electrons. The Labute approximate surface area is 88.7 Å². The van der Waals surface area contributed by atoms with Gasteiger partial charge < -0.3 is 5.32 Å². The van der Waals surface area contributed by atoms with Gasteiger partial charge >= 0.3 is 0 Å². The molecule has 0 fully saturated rings. The lowest BCUT2D eigenvalue weighted by Crippen LogP contribution is -1.99. The van der Waals surface area contributed by atoms with E-state index >= 15 is 0 Å². The molecule has 0 radical (unpaired) electrons. The van der Waals surface area contributed by atoms with E-state index in [-0.39, 0.29) is 5.03 Å². The van der Waals surface area contributed by atoms with Crippen molar-refractivity contribution in [2.45, 2.75) is 10.2 Å². The first-order valence-corrected chi connectivity index (χ1v) is 4.85. The SMILES string of the molecule is CNc1ncc(F)c(Sc2ncn[nH]2)n1. The molecule has 0 aromatic carbocycles. The molecule has 0 bridgehead atoms. The van der Waals surface area contributed by atoms with Crippen LogP contribution in [0.1, 0.15) is 0 Å². The Morgan fingerprint density at radius 3 is 3.00 bits per heavy atom. The van der Waals surface area contributed by atoms with Gasteiger partial charge in [-0.15, -0.1) is 0 Å². The summed E-state index contributed by atoms with van der Waals surface area (Å²) in [6, 6.07) is 0. The predicted octanol–water partition coefficient (Wildman–Crippen LogP) is 0.927. The van der Waals surface area contributed by atoms with Gasteiger partial charge in [-0.3, -0.25) is 5.10 Å². The summed E-state index contributed by atoms with van der Waals surface area (Å²) in [5, 5.41) is 9.66. The van der Waals surface area contributed by atoms with Gasteiger partial charge in [-0.1, -0.05) is 0 Å².